The lowest BCUT2D eigenvalue weighted by atomic mass is 10.2. The predicted molar refractivity (Wildman–Crippen MR) is 90.9 cm³/mol. The number of sulfone groups is 2. The van der Waals surface area contributed by atoms with Gasteiger partial charge in [0.25, 0.3) is 0 Å². The molecule has 0 aliphatic carbocycles. The fourth-order valence-electron chi connectivity index (χ4n) is 2.76. The van der Waals surface area contributed by atoms with E-state index in [0.717, 1.165) is 0 Å². The van der Waals surface area contributed by atoms with E-state index in [1.165, 1.54) is 19.2 Å². The molecule has 1 saturated heterocycles. The van der Waals surface area contributed by atoms with Crippen LogP contribution in [-0.2, 0) is 24.4 Å². The summed E-state index contributed by atoms with van der Waals surface area (Å²) in [5, 5.41) is 2.07. The summed E-state index contributed by atoms with van der Waals surface area (Å²) in [6.07, 6.45) is 0.683. The number of methoxy groups -OCH3 is 2. The van der Waals surface area contributed by atoms with Gasteiger partial charge in [0, 0.05) is 19.8 Å². The highest BCUT2D eigenvalue weighted by Crippen LogP contribution is 2.27. The van der Waals surface area contributed by atoms with E-state index < -0.39 is 31.0 Å². The van der Waals surface area contributed by atoms with Crippen LogP contribution in [0, 0.1) is 0 Å². The Morgan fingerprint density at radius 1 is 1.17 bits per heavy atom. The molecular weight excluding hydrogens is 354 g/mol. The third-order valence-electron chi connectivity index (χ3n) is 4.02. The molecule has 9 heteroatoms. The van der Waals surface area contributed by atoms with E-state index in [4.69, 9.17) is 9.47 Å². The Hall–Kier alpha value is -1.16. The summed E-state index contributed by atoms with van der Waals surface area (Å²) in [5.74, 6) is 0.0193. The molecule has 1 N–H and O–H groups in total. The highest BCUT2D eigenvalue weighted by molar-refractivity contribution is 7.96. The van der Waals surface area contributed by atoms with Gasteiger partial charge in [0.15, 0.2) is 19.7 Å². The van der Waals surface area contributed by atoms with Crippen molar-refractivity contribution in [2.75, 3.05) is 38.9 Å². The molecule has 0 radical (unpaired) electrons. The second-order valence-corrected chi connectivity index (χ2v) is 10.1. The van der Waals surface area contributed by atoms with E-state index in [9.17, 15) is 16.8 Å². The van der Waals surface area contributed by atoms with Crippen molar-refractivity contribution < 1.29 is 26.3 Å². The van der Waals surface area contributed by atoms with E-state index in [1.807, 2.05) is 0 Å². The molecule has 1 aliphatic rings. The first kappa shape index (κ1) is 19.2. The van der Waals surface area contributed by atoms with Crippen LogP contribution in [0.5, 0.6) is 5.75 Å². The summed E-state index contributed by atoms with van der Waals surface area (Å²) in [7, 11) is -4.07. The highest BCUT2D eigenvalue weighted by Gasteiger charge is 2.45. The second kappa shape index (κ2) is 7.81. The maximum atomic E-state index is 12.9. The lowest BCUT2D eigenvalue weighted by molar-refractivity contribution is 0.193. The molecule has 1 aromatic carbocycles. The minimum absolute atomic E-state index is 0.106. The number of hydrogen-bond acceptors (Lipinski definition) is 7. The highest BCUT2D eigenvalue weighted by atomic mass is 32.2. The zero-order valence-electron chi connectivity index (χ0n) is 13.8. The quantitative estimate of drug-likeness (QED) is 0.649. The Morgan fingerprint density at radius 2 is 1.83 bits per heavy atom. The summed E-state index contributed by atoms with van der Waals surface area (Å²) >= 11 is 0. The lowest BCUT2D eigenvalue weighted by Gasteiger charge is -2.20. The molecule has 24 heavy (non-hydrogen) atoms. The molecule has 2 rings (SSSR count). The van der Waals surface area contributed by atoms with E-state index >= 15 is 0 Å². The van der Waals surface area contributed by atoms with Gasteiger partial charge in [-0.25, -0.2) is 16.8 Å². The number of benzene rings is 1. The molecule has 0 bridgehead atoms. The van der Waals surface area contributed by atoms with Gasteiger partial charge in [-0.3, -0.25) is 0 Å². The largest absolute Gasteiger partial charge is 0.497 e. The van der Waals surface area contributed by atoms with Gasteiger partial charge in [0.2, 0.25) is 0 Å². The Balaban J connectivity index is 2.20. The summed E-state index contributed by atoms with van der Waals surface area (Å²) in [6.45, 7) is 1.03. The standard InChI is InChI=1S/C15H23NO6S2/c1-21-9-3-8-16-14-10-23(17,18)11-15(14)24(19,20)13-6-4-12(22-2)5-7-13/h4-7,14-16H,3,8-11H2,1-2H3/t14-,15-/m0/s1. The molecule has 136 valence electrons. The molecule has 0 aromatic heterocycles. The third-order valence-corrected chi connectivity index (χ3v) is 8.19. The number of rotatable bonds is 8. The molecule has 0 spiro atoms. The summed E-state index contributed by atoms with van der Waals surface area (Å²) in [6, 6.07) is 5.38. The second-order valence-electron chi connectivity index (χ2n) is 5.74. The molecule has 0 amide bonds. The van der Waals surface area contributed by atoms with Gasteiger partial charge in [-0.2, -0.15) is 0 Å². The Morgan fingerprint density at radius 3 is 2.42 bits per heavy atom. The fourth-order valence-corrected chi connectivity index (χ4v) is 7.47. The first-order valence-electron chi connectivity index (χ1n) is 7.61. The van der Waals surface area contributed by atoms with Crippen LogP contribution in [0.2, 0.25) is 0 Å². The zero-order valence-corrected chi connectivity index (χ0v) is 15.4. The van der Waals surface area contributed by atoms with Crippen LogP contribution in [0.1, 0.15) is 6.42 Å². The van der Waals surface area contributed by atoms with Crippen molar-refractivity contribution in [3.63, 3.8) is 0 Å². The van der Waals surface area contributed by atoms with Gasteiger partial charge in [0.05, 0.1) is 28.8 Å². The van der Waals surface area contributed by atoms with Crippen molar-refractivity contribution in [1.29, 1.82) is 0 Å². The molecule has 1 aliphatic heterocycles. The van der Waals surface area contributed by atoms with Crippen molar-refractivity contribution in [1.82, 2.24) is 5.32 Å². The third kappa shape index (κ3) is 4.47. The molecule has 1 heterocycles. The monoisotopic (exact) mass is 377 g/mol. The van der Waals surface area contributed by atoms with Crippen molar-refractivity contribution in [2.24, 2.45) is 0 Å². The van der Waals surface area contributed by atoms with E-state index in [2.05, 4.69) is 5.32 Å². The minimum Gasteiger partial charge on any atom is -0.497 e. The van der Waals surface area contributed by atoms with Crippen molar-refractivity contribution in [2.45, 2.75) is 22.6 Å². The Kier molecular flexibility index (Phi) is 6.24. The average molecular weight is 377 g/mol. The molecule has 0 unspecified atom stereocenters. The summed E-state index contributed by atoms with van der Waals surface area (Å²) in [5.41, 5.74) is 0. The van der Waals surface area contributed by atoms with Crippen LogP contribution in [0.15, 0.2) is 29.2 Å². The summed E-state index contributed by atoms with van der Waals surface area (Å²) < 4.78 is 59.6. The van der Waals surface area contributed by atoms with Crippen LogP contribution in [-0.4, -0.2) is 67.0 Å². The van der Waals surface area contributed by atoms with Gasteiger partial charge in [-0.15, -0.1) is 0 Å². The van der Waals surface area contributed by atoms with Crippen LogP contribution < -0.4 is 10.1 Å². The maximum absolute atomic E-state index is 12.9. The molecule has 0 saturated carbocycles. The SMILES string of the molecule is COCCCN[C@H]1CS(=O)(=O)C[C@@H]1S(=O)(=O)c1ccc(OC)cc1. The molecule has 7 nitrogen and oxygen atoms in total. The van der Waals surface area contributed by atoms with Crippen molar-refractivity contribution in [3.05, 3.63) is 24.3 Å². The van der Waals surface area contributed by atoms with Crippen molar-refractivity contribution in [3.8, 4) is 5.75 Å². The molecule has 1 fully saturated rings. The lowest BCUT2D eigenvalue weighted by Crippen LogP contribution is -2.43. The topological polar surface area (TPSA) is 98.8 Å². The number of hydrogen-bond donors (Lipinski definition) is 1. The van der Waals surface area contributed by atoms with Crippen LogP contribution in [0.25, 0.3) is 0 Å². The average Bonchev–Trinajstić information content (AvgIpc) is 2.87. The first-order chi connectivity index (χ1) is 11.3. The normalized spacial score (nSPS) is 23.2. The minimum atomic E-state index is -3.76. The van der Waals surface area contributed by atoms with Gasteiger partial charge in [-0.05, 0) is 37.2 Å². The van der Waals surface area contributed by atoms with Crippen LogP contribution in [0.3, 0.4) is 0 Å². The van der Waals surface area contributed by atoms with Crippen molar-refractivity contribution >= 4 is 19.7 Å². The Bertz CT molecular complexity index is 743. The molecule has 1 aromatic rings. The fraction of sp³-hybridized carbons (Fsp3) is 0.600. The molecular formula is C15H23NO6S2. The zero-order chi connectivity index (χ0) is 17.8. The Labute approximate surface area is 143 Å². The number of nitrogens with one attached hydrogen (secondary N) is 1. The summed E-state index contributed by atoms with van der Waals surface area (Å²) in [4.78, 5) is 0.106. The van der Waals surface area contributed by atoms with Gasteiger partial charge in [0.1, 0.15) is 5.75 Å². The van der Waals surface area contributed by atoms with Gasteiger partial charge in [-0.1, -0.05) is 0 Å². The smallest absolute Gasteiger partial charge is 0.183 e. The number of ether oxygens (including phenoxy) is 2. The van der Waals surface area contributed by atoms with Gasteiger partial charge >= 0.3 is 0 Å². The van der Waals surface area contributed by atoms with E-state index in [-0.39, 0.29) is 16.4 Å². The van der Waals surface area contributed by atoms with Crippen LogP contribution in [0.4, 0.5) is 0 Å². The van der Waals surface area contributed by atoms with E-state index in [0.29, 0.717) is 25.3 Å². The van der Waals surface area contributed by atoms with Crippen LogP contribution >= 0.6 is 0 Å². The maximum Gasteiger partial charge on any atom is 0.183 e. The van der Waals surface area contributed by atoms with Gasteiger partial charge < -0.3 is 14.8 Å². The predicted octanol–water partition coefficient (Wildman–Crippen LogP) is 0.261. The van der Waals surface area contributed by atoms with E-state index in [1.54, 1.807) is 19.2 Å². The first-order valence-corrected chi connectivity index (χ1v) is 11.0. The molecule has 2 atom stereocenters.